The Hall–Kier alpha value is -0.900. The second kappa shape index (κ2) is 6.15. The zero-order chi connectivity index (χ0) is 12.1. The third kappa shape index (κ3) is 3.53. The van der Waals surface area contributed by atoms with E-state index in [4.69, 9.17) is 4.42 Å². The molecule has 2 unspecified atom stereocenters. The Kier molecular flexibility index (Phi) is 4.54. The van der Waals surface area contributed by atoms with E-state index in [1.807, 2.05) is 12.1 Å². The first-order chi connectivity index (χ1) is 8.27. The van der Waals surface area contributed by atoms with E-state index in [2.05, 4.69) is 0 Å². The Bertz CT molecular complexity index is 348. The van der Waals surface area contributed by atoms with Crippen molar-refractivity contribution in [2.75, 3.05) is 0 Å². The van der Waals surface area contributed by atoms with Crippen LogP contribution < -0.4 is 0 Å². The fraction of sp³-hybridized carbons (Fsp3) is 0.615. The SMILES string of the molecule is O=C(O)C1CCCCCC1SCc1ccco1. The van der Waals surface area contributed by atoms with Gasteiger partial charge in [-0.25, -0.2) is 0 Å². The van der Waals surface area contributed by atoms with Gasteiger partial charge in [0.25, 0.3) is 0 Å². The van der Waals surface area contributed by atoms with Crippen LogP contribution in [-0.2, 0) is 10.5 Å². The van der Waals surface area contributed by atoms with Crippen LogP contribution in [0.25, 0.3) is 0 Å². The van der Waals surface area contributed by atoms with Crippen molar-refractivity contribution in [1.82, 2.24) is 0 Å². The average molecular weight is 254 g/mol. The van der Waals surface area contributed by atoms with Gasteiger partial charge in [0.05, 0.1) is 17.9 Å². The van der Waals surface area contributed by atoms with E-state index in [0.717, 1.165) is 37.2 Å². The zero-order valence-corrected chi connectivity index (χ0v) is 10.6. The first kappa shape index (κ1) is 12.6. The van der Waals surface area contributed by atoms with Gasteiger partial charge >= 0.3 is 5.97 Å². The van der Waals surface area contributed by atoms with Crippen molar-refractivity contribution in [3.8, 4) is 0 Å². The maximum Gasteiger partial charge on any atom is 0.307 e. The van der Waals surface area contributed by atoms with Crippen molar-refractivity contribution in [3.63, 3.8) is 0 Å². The summed E-state index contributed by atoms with van der Waals surface area (Å²) >= 11 is 1.73. The summed E-state index contributed by atoms with van der Waals surface area (Å²) in [4.78, 5) is 11.2. The number of rotatable bonds is 4. The summed E-state index contributed by atoms with van der Waals surface area (Å²) in [5, 5.41) is 9.49. The molecule has 3 nitrogen and oxygen atoms in total. The van der Waals surface area contributed by atoms with Crippen LogP contribution in [-0.4, -0.2) is 16.3 Å². The van der Waals surface area contributed by atoms with Gasteiger partial charge in [-0.15, -0.1) is 11.8 Å². The topological polar surface area (TPSA) is 50.4 Å². The highest BCUT2D eigenvalue weighted by molar-refractivity contribution is 7.99. The number of hydrogen-bond donors (Lipinski definition) is 1. The number of hydrogen-bond acceptors (Lipinski definition) is 3. The smallest absolute Gasteiger partial charge is 0.307 e. The highest BCUT2D eigenvalue weighted by atomic mass is 32.2. The maximum absolute atomic E-state index is 11.2. The molecule has 17 heavy (non-hydrogen) atoms. The first-order valence-electron chi connectivity index (χ1n) is 6.14. The normalized spacial score (nSPS) is 25.4. The lowest BCUT2D eigenvalue weighted by Gasteiger charge is -2.20. The molecule has 0 aliphatic heterocycles. The van der Waals surface area contributed by atoms with Gasteiger partial charge in [-0.05, 0) is 25.0 Å². The van der Waals surface area contributed by atoms with Crippen molar-refractivity contribution in [2.24, 2.45) is 5.92 Å². The maximum atomic E-state index is 11.2. The van der Waals surface area contributed by atoms with Crippen LogP contribution in [0.4, 0.5) is 0 Å². The second-order valence-electron chi connectivity index (χ2n) is 4.51. The molecule has 1 N–H and O–H groups in total. The number of furan rings is 1. The molecule has 1 aliphatic rings. The zero-order valence-electron chi connectivity index (χ0n) is 9.80. The molecule has 94 valence electrons. The summed E-state index contributed by atoms with van der Waals surface area (Å²) in [5.41, 5.74) is 0. The summed E-state index contributed by atoms with van der Waals surface area (Å²) in [5.74, 6) is 0.895. The van der Waals surface area contributed by atoms with Gasteiger partial charge in [-0.1, -0.05) is 19.3 Å². The number of carboxylic acids is 1. The molecule has 2 atom stereocenters. The fourth-order valence-corrected chi connectivity index (χ4v) is 3.70. The lowest BCUT2D eigenvalue weighted by Crippen LogP contribution is -2.24. The van der Waals surface area contributed by atoms with Gasteiger partial charge in [0, 0.05) is 5.25 Å². The lowest BCUT2D eigenvalue weighted by atomic mass is 10.0. The van der Waals surface area contributed by atoms with Gasteiger partial charge in [-0.3, -0.25) is 4.79 Å². The standard InChI is InChI=1S/C13H18O3S/c14-13(15)11-6-2-1-3-7-12(11)17-9-10-5-4-8-16-10/h4-5,8,11-12H,1-3,6-7,9H2,(H,14,15). The molecule has 2 rings (SSSR count). The van der Waals surface area contributed by atoms with Gasteiger partial charge in [0.15, 0.2) is 0 Å². The Labute approximate surface area is 106 Å². The third-order valence-electron chi connectivity index (χ3n) is 3.29. The van der Waals surface area contributed by atoms with Gasteiger partial charge in [0.1, 0.15) is 5.76 Å². The molecule has 0 aromatic carbocycles. The van der Waals surface area contributed by atoms with Crippen LogP contribution in [0.15, 0.2) is 22.8 Å². The minimum Gasteiger partial charge on any atom is -0.481 e. The molecule has 1 aromatic heterocycles. The van der Waals surface area contributed by atoms with Crippen LogP contribution in [0.3, 0.4) is 0 Å². The van der Waals surface area contributed by atoms with E-state index in [-0.39, 0.29) is 11.2 Å². The highest BCUT2D eigenvalue weighted by Crippen LogP contribution is 2.34. The number of aliphatic carboxylic acids is 1. The van der Waals surface area contributed by atoms with E-state index < -0.39 is 5.97 Å². The number of carboxylic acid groups (broad SMARTS) is 1. The lowest BCUT2D eigenvalue weighted by molar-refractivity contribution is -0.141. The molecular formula is C13H18O3S. The predicted octanol–water partition coefficient (Wildman–Crippen LogP) is 3.55. The van der Waals surface area contributed by atoms with Crippen LogP contribution in [0.2, 0.25) is 0 Å². The molecule has 1 aromatic rings. The fourth-order valence-electron chi connectivity index (χ4n) is 2.34. The van der Waals surface area contributed by atoms with Gasteiger partial charge in [0.2, 0.25) is 0 Å². The van der Waals surface area contributed by atoms with Crippen molar-refractivity contribution in [1.29, 1.82) is 0 Å². The molecule has 4 heteroatoms. The molecule has 0 bridgehead atoms. The molecule has 1 aliphatic carbocycles. The largest absolute Gasteiger partial charge is 0.481 e. The molecule has 0 radical (unpaired) electrons. The monoisotopic (exact) mass is 254 g/mol. The van der Waals surface area contributed by atoms with Crippen LogP contribution in [0, 0.1) is 5.92 Å². The van der Waals surface area contributed by atoms with E-state index in [0.29, 0.717) is 0 Å². The Morgan fingerprint density at radius 2 is 2.24 bits per heavy atom. The Morgan fingerprint density at radius 1 is 1.41 bits per heavy atom. The van der Waals surface area contributed by atoms with E-state index in [9.17, 15) is 9.90 Å². The van der Waals surface area contributed by atoms with Crippen LogP contribution in [0.5, 0.6) is 0 Å². The van der Waals surface area contributed by atoms with E-state index >= 15 is 0 Å². The molecular weight excluding hydrogens is 236 g/mol. The summed E-state index contributed by atoms with van der Waals surface area (Å²) in [7, 11) is 0. The summed E-state index contributed by atoms with van der Waals surface area (Å²) in [6.45, 7) is 0. The van der Waals surface area contributed by atoms with Crippen LogP contribution >= 0.6 is 11.8 Å². The number of carbonyl (C=O) groups is 1. The van der Waals surface area contributed by atoms with Crippen molar-refractivity contribution < 1.29 is 14.3 Å². The minimum atomic E-state index is -0.635. The van der Waals surface area contributed by atoms with E-state index in [1.54, 1.807) is 18.0 Å². The molecule has 0 amide bonds. The number of thioether (sulfide) groups is 1. The molecule has 1 fully saturated rings. The average Bonchev–Trinajstić information content (AvgIpc) is 2.70. The van der Waals surface area contributed by atoms with Crippen LogP contribution in [0.1, 0.15) is 37.9 Å². The minimum absolute atomic E-state index is 0.183. The predicted molar refractivity (Wildman–Crippen MR) is 68.0 cm³/mol. The molecule has 1 saturated carbocycles. The van der Waals surface area contributed by atoms with E-state index in [1.165, 1.54) is 6.42 Å². The highest BCUT2D eigenvalue weighted by Gasteiger charge is 2.29. The quantitative estimate of drug-likeness (QED) is 0.835. The van der Waals surface area contributed by atoms with Crippen molar-refractivity contribution >= 4 is 17.7 Å². The third-order valence-corrected chi connectivity index (χ3v) is 4.73. The molecule has 0 spiro atoms. The van der Waals surface area contributed by atoms with Crippen molar-refractivity contribution in [2.45, 2.75) is 43.1 Å². The molecule has 1 heterocycles. The van der Waals surface area contributed by atoms with Gasteiger partial charge < -0.3 is 9.52 Å². The second-order valence-corrected chi connectivity index (χ2v) is 5.74. The summed E-state index contributed by atoms with van der Waals surface area (Å²) in [6, 6.07) is 3.82. The Balaban J connectivity index is 1.93. The van der Waals surface area contributed by atoms with Crippen molar-refractivity contribution in [3.05, 3.63) is 24.2 Å². The summed E-state index contributed by atoms with van der Waals surface area (Å²) < 4.78 is 5.28. The first-order valence-corrected chi connectivity index (χ1v) is 7.19. The summed E-state index contributed by atoms with van der Waals surface area (Å²) in [6.07, 6.45) is 6.88. The molecule has 0 saturated heterocycles. The van der Waals surface area contributed by atoms with Gasteiger partial charge in [-0.2, -0.15) is 0 Å². The Morgan fingerprint density at radius 3 is 2.94 bits per heavy atom.